The molecule has 0 saturated carbocycles. The van der Waals surface area contributed by atoms with E-state index in [4.69, 9.17) is 13.6 Å². The molecular formula is C32H32NO11+. The third-order valence-electron chi connectivity index (χ3n) is 7.05. The third kappa shape index (κ3) is 6.11. The molecule has 2 heterocycles. The lowest BCUT2D eigenvalue weighted by Gasteiger charge is -2.28. The van der Waals surface area contributed by atoms with Crippen molar-refractivity contribution in [3.8, 4) is 45.4 Å². The summed E-state index contributed by atoms with van der Waals surface area (Å²) in [7, 11) is 3.88. The summed E-state index contributed by atoms with van der Waals surface area (Å²) in [5.41, 5.74) is 3.39. The second-order valence-electron chi connectivity index (χ2n) is 10.5. The molecule has 1 aliphatic carbocycles. The molecule has 3 aliphatic rings. The Kier molecular flexibility index (Phi) is 8.63. The van der Waals surface area contributed by atoms with Gasteiger partial charge < -0.3 is 44.2 Å². The summed E-state index contributed by atoms with van der Waals surface area (Å²) in [4.78, 5) is 4.37. The van der Waals surface area contributed by atoms with Crippen molar-refractivity contribution in [1.29, 1.82) is 0 Å². The lowest BCUT2D eigenvalue weighted by Crippen LogP contribution is -2.46. The number of aromatic hydroxyl groups is 3. The van der Waals surface area contributed by atoms with Gasteiger partial charge in [-0.15, -0.1) is 0 Å². The zero-order valence-electron chi connectivity index (χ0n) is 23.9. The number of rotatable bonds is 8. The van der Waals surface area contributed by atoms with Gasteiger partial charge in [-0.2, -0.15) is 4.89 Å². The number of phenolic OH excluding ortho intramolecular Hbond substituents is 3. The molecule has 12 heteroatoms. The summed E-state index contributed by atoms with van der Waals surface area (Å²) >= 11 is 0. The van der Waals surface area contributed by atoms with Crippen molar-refractivity contribution in [1.82, 2.24) is 0 Å². The lowest BCUT2D eigenvalue weighted by molar-refractivity contribution is -0.462. The van der Waals surface area contributed by atoms with Crippen molar-refractivity contribution in [2.45, 2.75) is 31.5 Å². The number of nitrogens with zero attached hydrogens (tertiary/aromatic N) is 1. The Hall–Kier alpha value is -4.85. The zero-order valence-corrected chi connectivity index (χ0v) is 23.9. The monoisotopic (exact) mass is 606 g/mol. The van der Waals surface area contributed by atoms with Crippen LogP contribution in [0.5, 0.6) is 23.0 Å². The number of ether oxygens (including phenoxy) is 1. The van der Waals surface area contributed by atoms with E-state index in [1.165, 1.54) is 37.3 Å². The molecule has 44 heavy (non-hydrogen) atoms. The molecule has 0 radical (unpaired) electrons. The molecule has 0 fully saturated rings. The molecule has 0 saturated heterocycles. The average Bonchev–Trinajstić information content (AvgIpc) is 2.99. The van der Waals surface area contributed by atoms with Crippen molar-refractivity contribution >= 4 is 23.0 Å². The Morgan fingerprint density at radius 3 is 2.11 bits per heavy atom. The van der Waals surface area contributed by atoms with Crippen LogP contribution in [-0.4, -0.2) is 84.9 Å². The first kappa shape index (κ1) is 30.6. The molecule has 230 valence electrons. The molecule has 7 N–H and O–H groups in total. The van der Waals surface area contributed by atoms with Crippen LogP contribution in [0.3, 0.4) is 0 Å². The van der Waals surface area contributed by atoms with Crippen molar-refractivity contribution in [3.05, 3.63) is 77.8 Å². The third-order valence-corrected chi connectivity index (χ3v) is 7.05. The maximum Gasteiger partial charge on any atom is 0.259 e. The minimum Gasteiger partial charge on any atom is -0.508 e. The van der Waals surface area contributed by atoms with Gasteiger partial charge >= 0.3 is 0 Å². The number of hydrogen-bond donors (Lipinski definition) is 7. The number of hydrogen-bond acceptors (Lipinski definition) is 11. The summed E-state index contributed by atoms with van der Waals surface area (Å²) in [5.74, 6) is -1.25. The Morgan fingerprint density at radius 1 is 0.818 bits per heavy atom. The van der Waals surface area contributed by atoms with Crippen LogP contribution in [0.15, 0.2) is 81.2 Å². The van der Waals surface area contributed by atoms with Crippen LogP contribution in [0.2, 0.25) is 0 Å². The van der Waals surface area contributed by atoms with Crippen LogP contribution in [0.1, 0.15) is 6.92 Å². The van der Waals surface area contributed by atoms with E-state index >= 15 is 0 Å². The zero-order chi connectivity index (χ0) is 31.7. The maximum atomic E-state index is 10.6. The van der Waals surface area contributed by atoms with Crippen LogP contribution < -0.4 is 10.2 Å². The van der Waals surface area contributed by atoms with E-state index in [9.17, 15) is 35.9 Å². The first-order valence-corrected chi connectivity index (χ1v) is 13.5. The molecule has 0 amide bonds. The first-order chi connectivity index (χ1) is 21.0. The van der Waals surface area contributed by atoms with Crippen LogP contribution in [-0.2, 0) is 4.89 Å². The van der Waals surface area contributed by atoms with Gasteiger partial charge in [0.05, 0.1) is 11.7 Å². The van der Waals surface area contributed by atoms with E-state index in [1.807, 2.05) is 49.1 Å². The highest BCUT2D eigenvalue weighted by atomic mass is 17.1. The molecule has 4 atom stereocenters. The van der Waals surface area contributed by atoms with Crippen molar-refractivity contribution < 1.29 is 58.9 Å². The van der Waals surface area contributed by atoms with Gasteiger partial charge in [0.1, 0.15) is 48.6 Å². The van der Waals surface area contributed by atoms with Gasteiger partial charge in [0.2, 0.25) is 0 Å². The minimum absolute atomic E-state index is 0.0686. The largest absolute Gasteiger partial charge is 0.508 e. The molecule has 2 aliphatic heterocycles. The summed E-state index contributed by atoms with van der Waals surface area (Å²) in [6.07, 6.45) is 4.22. The highest BCUT2D eigenvalue weighted by Crippen LogP contribution is 2.48. The topological polar surface area (TPSA) is 189 Å². The second kappa shape index (κ2) is 12.4. The number of aliphatic hydroxyl groups excluding tert-OH is 3. The fourth-order valence-corrected chi connectivity index (χ4v) is 4.66. The second-order valence-corrected chi connectivity index (χ2v) is 10.5. The van der Waals surface area contributed by atoms with Gasteiger partial charge in [-0.05, 0) is 55.0 Å². The highest BCUT2D eigenvalue weighted by Gasteiger charge is 2.35. The summed E-state index contributed by atoms with van der Waals surface area (Å²) < 4.78 is 20.1. The van der Waals surface area contributed by atoms with Crippen molar-refractivity contribution in [3.63, 3.8) is 0 Å². The van der Waals surface area contributed by atoms with Crippen LogP contribution in [0, 0.1) is 0 Å². The highest BCUT2D eigenvalue weighted by molar-refractivity contribution is 6.02. The molecule has 4 unspecified atom stereocenters. The SMILES string of the molecule is CC(O)C(O)C(O)C(OO)Oc1c2c/c(=C\C=C3C=CC(=[N+](C)C)C=C3)oc3cc(O)cc(oc1-c1ccc(O)c(O)c1)c3-2. The smallest absolute Gasteiger partial charge is 0.259 e. The molecule has 0 bridgehead atoms. The average molecular weight is 607 g/mol. The van der Waals surface area contributed by atoms with Gasteiger partial charge in [-0.25, -0.2) is 9.83 Å². The van der Waals surface area contributed by atoms with E-state index in [-0.39, 0.29) is 34.0 Å². The number of allylic oxidation sites excluding steroid dienone is 6. The lowest BCUT2D eigenvalue weighted by atomic mass is 9.98. The summed E-state index contributed by atoms with van der Waals surface area (Å²) in [5, 5.41) is 71.0. The van der Waals surface area contributed by atoms with Crippen molar-refractivity contribution in [2.75, 3.05) is 14.1 Å². The Balaban J connectivity index is 1.76. The Morgan fingerprint density at radius 2 is 1.50 bits per heavy atom. The maximum absolute atomic E-state index is 10.6. The van der Waals surface area contributed by atoms with Gasteiger partial charge in [-0.3, -0.25) is 0 Å². The van der Waals surface area contributed by atoms with E-state index in [2.05, 4.69) is 4.89 Å². The predicted molar refractivity (Wildman–Crippen MR) is 159 cm³/mol. The molecule has 12 nitrogen and oxygen atoms in total. The van der Waals surface area contributed by atoms with Gasteiger partial charge in [0.15, 0.2) is 28.7 Å². The minimum atomic E-state index is -1.93. The number of benzene rings is 2. The van der Waals surface area contributed by atoms with Crippen molar-refractivity contribution in [2.24, 2.45) is 0 Å². The quantitative estimate of drug-likeness (QED) is 0.0513. The summed E-state index contributed by atoms with van der Waals surface area (Å²) in [6.45, 7) is 1.23. The molecule has 2 aromatic rings. The molecule has 0 aromatic heterocycles. The van der Waals surface area contributed by atoms with E-state index < -0.39 is 36.1 Å². The Labute approximate surface area is 250 Å². The van der Waals surface area contributed by atoms with Gasteiger partial charge in [0.25, 0.3) is 6.29 Å². The molecule has 0 spiro atoms. The van der Waals surface area contributed by atoms with Crippen LogP contribution in [0.4, 0.5) is 0 Å². The van der Waals surface area contributed by atoms with E-state index in [0.29, 0.717) is 16.5 Å². The normalized spacial score (nSPS) is 16.4. The Bertz CT molecular complexity index is 1840. The number of aliphatic hydroxyl groups is 3. The summed E-state index contributed by atoms with van der Waals surface area (Å²) in [6, 6.07) is 8.13. The van der Waals surface area contributed by atoms with E-state index in [0.717, 1.165) is 11.3 Å². The fourth-order valence-electron chi connectivity index (χ4n) is 4.66. The van der Waals surface area contributed by atoms with Gasteiger partial charge in [0, 0.05) is 35.4 Å². The number of phenols is 3. The standard InChI is InChI=1S/C32H31NO11/c1-16(34)28(38)29(39)32(44-40)43-31-22-15-21(10-6-17-4-8-19(9-5-17)33(2)3)41-25-13-20(35)14-26(27(22)25)42-30(31)18-7-11-23(36)24(37)12-18/h4-16,28-29,32,34,38-39H,1-3H3,(H3,35,36,37,40)/p+1. The van der Waals surface area contributed by atoms with Gasteiger partial charge in [-0.1, -0.05) is 6.08 Å². The first-order valence-electron chi connectivity index (χ1n) is 13.5. The molecule has 5 rings (SSSR count). The van der Waals surface area contributed by atoms with E-state index in [1.54, 1.807) is 12.1 Å². The predicted octanol–water partition coefficient (Wildman–Crippen LogP) is 3.04. The molecule has 2 aromatic carbocycles. The van der Waals surface area contributed by atoms with Crippen LogP contribution >= 0.6 is 0 Å². The fraction of sp³-hybridized carbons (Fsp3) is 0.219. The molecular weight excluding hydrogens is 574 g/mol. The van der Waals surface area contributed by atoms with Crippen LogP contribution in [0.25, 0.3) is 39.7 Å².